The molecule has 2 aromatic heterocycles. The van der Waals surface area contributed by atoms with Gasteiger partial charge in [0.2, 0.25) is 5.89 Å². The van der Waals surface area contributed by atoms with Gasteiger partial charge in [0.25, 0.3) is 0 Å². The maximum Gasteiger partial charge on any atom is 0.227 e. The molecule has 2 atom stereocenters. The lowest BCUT2D eigenvalue weighted by atomic mass is 9.92. The number of fused-ring (bicyclic) bond motifs is 8. The van der Waals surface area contributed by atoms with Crippen molar-refractivity contribution < 1.29 is 8.83 Å². The lowest BCUT2D eigenvalue weighted by Crippen LogP contribution is -2.39. The maximum atomic E-state index is 6.64. The van der Waals surface area contributed by atoms with E-state index in [9.17, 15) is 0 Å². The molecule has 244 valence electrons. The number of aromatic nitrogens is 1. The topological polar surface area (TPSA) is 42.4 Å². The minimum atomic E-state index is 0.110. The zero-order chi connectivity index (χ0) is 33.2. The molecule has 0 saturated carbocycles. The molecule has 0 spiro atoms. The van der Waals surface area contributed by atoms with Crippen LogP contribution in [0.1, 0.15) is 61.8 Å². The number of anilines is 1. The summed E-state index contributed by atoms with van der Waals surface area (Å²) in [4.78, 5) is 7.54. The lowest BCUT2D eigenvalue weighted by molar-refractivity contribution is 0.475. The van der Waals surface area contributed by atoms with Gasteiger partial charge in [0.15, 0.2) is 5.58 Å². The third kappa shape index (κ3) is 4.85. The average Bonchev–Trinajstić information content (AvgIpc) is 3.77. The average molecular weight is 651 g/mol. The van der Waals surface area contributed by atoms with E-state index in [0.29, 0.717) is 11.8 Å². The van der Waals surface area contributed by atoms with Crippen LogP contribution in [-0.2, 0) is 6.42 Å². The van der Waals surface area contributed by atoms with E-state index in [4.69, 9.17) is 13.8 Å². The van der Waals surface area contributed by atoms with Crippen LogP contribution in [0.3, 0.4) is 0 Å². The number of hydrogen-bond acceptors (Lipinski definition) is 4. The van der Waals surface area contributed by atoms with E-state index in [-0.39, 0.29) is 6.04 Å². The number of furan rings is 1. The molecule has 0 bridgehead atoms. The summed E-state index contributed by atoms with van der Waals surface area (Å²) in [5, 5.41) is 5.90. The maximum absolute atomic E-state index is 6.64. The molecule has 0 N–H and O–H groups in total. The number of oxazole rings is 1. The van der Waals surface area contributed by atoms with Gasteiger partial charge in [-0.1, -0.05) is 110 Å². The van der Waals surface area contributed by atoms with E-state index in [2.05, 4.69) is 139 Å². The largest absolute Gasteiger partial charge is 0.461 e. The molecule has 0 saturated heterocycles. The van der Waals surface area contributed by atoms with Crippen LogP contribution in [0.2, 0.25) is 0 Å². The van der Waals surface area contributed by atoms with Gasteiger partial charge in [-0.3, -0.25) is 0 Å². The quantitative estimate of drug-likeness (QED) is 0.174. The fourth-order valence-electron chi connectivity index (χ4n) is 8.33. The van der Waals surface area contributed by atoms with Gasteiger partial charge in [-0.15, -0.1) is 0 Å². The fraction of sp³-hybridized carbons (Fsp3) is 0.196. The van der Waals surface area contributed by atoms with Crippen LogP contribution in [0.25, 0.3) is 62.0 Å². The van der Waals surface area contributed by atoms with Gasteiger partial charge in [0.1, 0.15) is 16.7 Å². The first-order valence-corrected chi connectivity index (χ1v) is 18.1. The van der Waals surface area contributed by atoms with E-state index in [1.807, 2.05) is 0 Å². The van der Waals surface area contributed by atoms with Crippen molar-refractivity contribution in [2.45, 2.75) is 51.5 Å². The predicted octanol–water partition coefficient (Wildman–Crippen LogP) is 10.3. The minimum absolute atomic E-state index is 0.110. The van der Waals surface area contributed by atoms with E-state index in [1.165, 1.54) is 44.1 Å². The summed E-state index contributed by atoms with van der Waals surface area (Å²) in [7, 11) is 0. The highest BCUT2D eigenvalue weighted by molar-refractivity contribution is 6.20. The van der Waals surface area contributed by atoms with Crippen molar-refractivity contribution in [3.8, 4) is 0 Å². The molecule has 0 radical (unpaired) electrons. The van der Waals surface area contributed by atoms with Crippen LogP contribution in [0.15, 0.2) is 124 Å². The van der Waals surface area contributed by atoms with Gasteiger partial charge in [-0.25, -0.2) is 4.98 Å². The lowest BCUT2D eigenvalue weighted by Gasteiger charge is -2.36. The molecule has 50 heavy (non-hydrogen) atoms. The molecule has 4 heteroatoms. The normalized spacial score (nSPS) is 19.7. The Kier molecular flexibility index (Phi) is 6.90. The zero-order valence-electron chi connectivity index (χ0n) is 28.2. The van der Waals surface area contributed by atoms with Crippen LogP contribution in [0, 0.1) is 5.92 Å². The third-order valence-electron chi connectivity index (χ3n) is 10.9. The Hall–Kier alpha value is -5.61. The van der Waals surface area contributed by atoms with E-state index < -0.39 is 0 Å². The summed E-state index contributed by atoms with van der Waals surface area (Å²) in [5.41, 5.74) is 10.3. The molecular weight excluding hydrogens is 613 g/mol. The predicted molar refractivity (Wildman–Crippen MR) is 207 cm³/mol. The molecule has 4 aliphatic rings. The number of nitrogens with zero attached hydrogens (tertiary/aromatic N) is 2. The van der Waals surface area contributed by atoms with E-state index >= 15 is 0 Å². The Morgan fingerprint density at radius 1 is 0.800 bits per heavy atom. The highest BCUT2D eigenvalue weighted by atomic mass is 16.3. The Labute approximate surface area is 291 Å². The summed E-state index contributed by atoms with van der Waals surface area (Å²) in [5.74, 6) is 2.35. The zero-order valence-corrected chi connectivity index (χ0v) is 28.2. The molecule has 2 unspecified atom stereocenters. The van der Waals surface area contributed by atoms with Gasteiger partial charge >= 0.3 is 0 Å². The van der Waals surface area contributed by atoms with Gasteiger partial charge in [-0.2, -0.15) is 0 Å². The number of benzene rings is 4. The highest BCUT2D eigenvalue weighted by Crippen LogP contribution is 2.41. The van der Waals surface area contributed by atoms with Crippen molar-refractivity contribution in [1.29, 1.82) is 0 Å². The van der Waals surface area contributed by atoms with Crippen LogP contribution in [0.5, 0.6) is 0 Å². The number of hydrogen-bond donors (Lipinski definition) is 0. The van der Waals surface area contributed by atoms with Crippen LogP contribution in [-0.4, -0.2) is 11.0 Å². The molecule has 4 aliphatic carbocycles. The van der Waals surface area contributed by atoms with E-state index in [1.54, 1.807) is 0 Å². The first kappa shape index (κ1) is 29.3. The molecule has 0 aliphatic heterocycles. The van der Waals surface area contributed by atoms with Gasteiger partial charge in [0.05, 0.1) is 6.04 Å². The molecule has 6 aromatic rings. The summed E-state index contributed by atoms with van der Waals surface area (Å²) >= 11 is 0. The van der Waals surface area contributed by atoms with Crippen molar-refractivity contribution in [2.75, 3.05) is 4.90 Å². The summed E-state index contributed by atoms with van der Waals surface area (Å²) in [6, 6.07) is 26.4. The Morgan fingerprint density at radius 2 is 1.72 bits per heavy atom. The summed E-state index contributed by atoms with van der Waals surface area (Å²) < 4.78 is 13.2. The highest BCUT2D eigenvalue weighted by Gasteiger charge is 2.27. The van der Waals surface area contributed by atoms with Gasteiger partial charge in [-0.05, 0) is 84.2 Å². The standard InChI is InChI=1S/C46H38N2O2/c1-29-14-16-33(17-15-29)46-47-40-27-21-32-20-25-36-39(44(32)45(40)50-46)11-7-12-41(36)48(34-22-18-31(19-23-34)30-8-3-2-4-9-30)35-24-26-38-37-10-5-6-13-42(37)49-43(38)28-35/h2-5,7-12,14,16-18,20-22,25-29,35H,6,13,15,19,23-24H2,1H3. The third-order valence-corrected chi connectivity index (χ3v) is 10.9. The Bertz CT molecular complexity index is 2630. The van der Waals surface area contributed by atoms with Crippen molar-refractivity contribution in [3.05, 3.63) is 148 Å². The first-order chi connectivity index (χ1) is 24.7. The first-order valence-electron chi connectivity index (χ1n) is 18.1. The van der Waals surface area contributed by atoms with Gasteiger partial charge < -0.3 is 13.7 Å². The Balaban J connectivity index is 1.15. The van der Waals surface area contributed by atoms with Crippen LogP contribution < -0.4 is 15.5 Å². The number of rotatable bonds is 5. The molecule has 0 amide bonds. The van der Waals surface area contributed by atoms with Crippen molar-refractivity contribution >= 4 is 67.7 Å². The summed E-state index contributed by atoms with van der Waals surface area (Å²) in [6.07, 6.45) is 26.4. The second-order valence-corrected chi connectivity index (χ2v) is 14.1. The second-order valence-electron chi connectivity index (χ2n) is 14.1. The molecule has 2 heterocycles. The molecular formula is C46H38N2O2. The Morgan fingerprint density at radius 3 is 2.58 bits per heavy atom. The molecule has 4 nitrogen and oxygen atoms in total. The van der Waals surface area contributed by atoms with Crippen molar-refractivity contribution in [2.24, 2.45) is 5.92 Å². The monoisotopic (exact) mass is 650 g/mol. The fourth-order valence-corrected chi connectivity index (χ4v) is 8.33. The SMILES string of the molecule is CC1C=CC(c2nc3ccc4ccc5c(N(C6=CC=C(c7ccccc7)CC6)C6C=c7oc8c(c7=CC6)C=CCC8)cccc5c4c3o2)=CC1. The van der Waals surface area contributed by atoms with Crippen molar-refractivity contribution in [3.63, 3.8) is 0 Å². The van der Waals surface area contributed by atoms with Crippen LogP contribution in [0.4, 0.5) is 5.69 Å². The van der Waals surface area contributed by atoms with Gasteiger partial charge in [0, 0.05) is 44.9 Å². The summed E-state index contributed by atoms with van der Waals surface area (Å²) in [6.45, 7) is 2.24. The second kappa shape index (κ2) is 11.8. The molecule has 4 aromatic carbocycles. The number of allylic oxidation sites excluding steroid dienone is 9. The smallest absolute Gasteiger partial charge is 0.227 e. The van der Waals surface area contributed by atoms with E-state index in [0.717, 1.165) is 77.1 Å². The molecule has 0 fully saturated rings. The van der Waals surface area contributed by atoms with Crippen LogP contribution >= 0.6 is 0 Å². The minimum Gasteiger partial charge on any atom is -0.461 e. The molecule has 10 rings (SSSR count). The van der Waals surface area contributed by atoms with Crippen molar-refractivity contribution in [1.82, 2.24) is 4.98 Å². The number of aryl methyl sites for hydroxylation is 1.